The predicted octanol–water partition coefficient (Wildman–Crippen LogP) is 4.54. The maximum Gasteiger partial charge on any atom is 0.415 e. The van der Waals surface area contributed by atoms with Gasteiger partial charge >= 0.3 is 12.2 Å². The molecule has 8 heteroatoms. The first-order valence-electron chi connectivity index (χ1n) is 9.50. The highest BCUT2D eigenvalue weighted by atomic mass is 127. The Hall–Kier alpha value is -2.07. The van der Waals surface area contributed by atoms with Gasteiger partial charge in [-0.3, -0.25) is 5.32 Å². The fourth-order valence-corrected chi connectivity index (χ4v) is 3.80. The lowest BCUT2D eigenvalue weighted by atomic mass is 10.1. The number of benzene rings is 2. The minimum absolute atomic E-state index is 0.382. The van der Waals surface area contributed by atoms with Crippen LogP contribution in [0.3, 0.4) is 0 Å². The van der Waals surface area contributed by atoms with Crippen molar-refractivity contribution in [3.05, 3.63) is 33.9 Å². The SMILES string of the molecule is CN1CCN(C(=O)Oc2cc(NC(=O)OC(C)(C)C)c(I)c3ccccc23)CC1. The highest BCUT2D eigenvalue weighted by Gasteiger charge is 2.23. The summed E-state index contributed by atoms with van der Waals surface area (Å²) in [6.07, 6.45) is -0.935. The van der Waals surface area contributed by atoms with E-state index in [-0.39, 0.29) is 6.09 Å². The Morgan fingerprint density at radius 1 is 1.07 bits per heavy atom. The summed E-state index contributed by atoms with van der Waals surface area (Å²) in [5.41, 5.74) is -0.0666. The topological polar surface area (TPSA) is 71.1 Å². The molecule has 0 radical (unpaired) electrons. The third-order valence-corrected chi connectivity index (χ3v) is 5.70. The number of amides is 2. The molecule has 0 unspecified atom stereocenters. The Morgan fingerprint density at radius 2 is 1.69 bits per heavy atom. The van der Waals surface area contributed by atoms with Crippen LogP contribution in [0.25, 0.3) is 10.8 Å². The van der Waals surface area contributed by atoms with E-state index in [1.165, 1.54) is 0 Å². The molecule has 1 fully saturated rings. The molecule has 156 valence electrons. The number of rotatable bonds is 2. The summed E-state index contributed by atoms with van der Waals surface area (Å²) in [6.45, 7) is 8.30. The number of carbonyl (C=O) groups excluding carboxylic acids is 2. The molecule has 0 saturated carbocycles. The maximum absolute atomic E-state index is 12.7. The number of ether oxygens (including phenoxy) is 2. The molecule has 3 rings (SSSR count). The first-order chi connectivity index (χ1) is 13.6. The van der Waals surface area contributed by atoms with Crippen molar-refractivity contribution in [2.45, 2.75) is 26.4 Å². The van der Waals surface area contributed by atoms with Gasteiger partial charge in [0.25, 0.3) is 0 Å². The van der Waals surface area contributed by atoms with Crippen molar-refractivity contribution in [1.82, 2.24) is 9.80 Å². The number of piperazine rings is 1. The van der Waals surface area contributed by atoms with Gasteiger partial charge in [0.15, 0.2) is 0 Å². The van der Waals surface area contributed by atoms with Crippen LogP contribution in [0.4, 0.5) is 15.3 Å². The number of hydrogen-bond donors (Lipinski definition) is 1. The third kappa shape index (κ3) is 5.51. The van der Waals surface area contributed by atoms with Gasteiger partial charge in [-0.25, -0.2) is 9.59 Å². The number of likely N-dealkylation sites (N-methyl/N-ethyl adjacent to an activating group) is 1. The quantitative estimate of drug-likeness (QED) is 0.600. The molecule has 2 aromatic rings. The molecule has 1 saturated heterocycles. The van der Waals surface area contributed by atoms with Crippen molar-refractivity contribution in [3.8, 4) is 5.75 Å². The fourth-order valence-electron chi connectivity index (χ4n) is 3.04. The van der Waals surface area contributed by atoms with Crippen LogP contribution in [0, 0.1) is 3.57 Å². The van der Waals surface area contributed by atoms with Crippen LogP contribution in [0.5, 0.6) is 5.75 Å². The Morgan fingerprint density at radius 3 is 2.31 bits per heavy atom. The van der Waals surface area contributed by atoms with Crippen molar-refractivity contribution in [1.29, 1.82) is 0 Å². The smallest absolute Gasteiger partial charge is 0.415 e. The van der Waals surface area contributed by atoms with Gasteiger partial charge in [-0.05, 0) is 50.4 Å². The molecule has 1 N–H and O–H groups in total. The van der Waals surface area contributed by atoms with Crippen molar-refractivity contribution in [2.75, 3.05) is 38.5 Å². The van der Waals surface area contributed by atoms with Crippen LogP contribution in [-0.2, 0) is 4.74 Å². The van der Waals surface area contributed by atoms with Gasteiger partial charge in [-0.1, -0.05) is 24.3 Å². The summed E-state index contributed by atoms with van der Waals surface area (Å²) in [5.74, 6) is 0.413. The highest BCUT2D eigenvalue weighted by Crippen LogP contribution is 2.36. The normalized spacial score (nSPS) is 15.3. The van der Waals surface area contributed by atoms with Crippen LogP contribution in [0.15, 0.2) is 30.3 Å². The summed E-state index contributed by atoms with van der Waals surface area (Å²) < 4.78 is 12.0. The third-order valence-electron chi connectivity index (χ3n) is 4.54. The Labute approximate surface area is 184 Å². The summed E-state index contributed by atoms with van der Waals surface area (Å²) in [4.78, 5) is 28.8. The van der Waals surface area contributed by atoms with Gasteiger partial charge in [-0.2, -0.15) is 0 Å². The molecule has 29 heavy (non-hydrogen) atoms. The molecule has 0 aliphatic carbocycles. The molecule has 1 aliphatic rings. The second-order valence-corrected chi connectivity index (χ2v) is 9.15. The zero-order valence-electron chi connectivity index (χ0n) is 17.1. The van der Waals surface area contributed by atoms with Crippen LogP contribution in [0.2, 0.25) is 0 Å². The number of halogens is 1. The summed E-state index contributed by atoms with van der Waals surface area (Å²) >= 11 is 2.18. The summed E-state index contributed by atoms with van der Waals surface area (Å²) in [7, 11) is 2.03. The van der Waals surface area contributed by atoms with E-state index in [2.05, 4.69) is 32.8 Å². The minimum atomic E-state index is -0.608. The summed E-state index contributed by atoms with van der Waals surface area (Å²) in [6, 6.07) is 9.33. The number of nitrogens with zero attached hydrogens (tertiary/aromatic N) is 2. The second kappa shape index (κ2) is 8.74. The fraction of sp³-hybridized carbons (Fsp3) is 0.429. The average molecular weight is 511 g/mol. The Bertz CT molecular complexity index is 918. The van der Waals surface area contributed by atoms with Crippen molar-refractivity contribution in [3.63, 3.8) is 0 Å². The van der Waals surface area contributed by atoms with Gasteiger partial charge in [0.2, 0.25) is 0 Å². The van der Waals surface area contributed by atoms with Gasteiger partial charge < -0.3 is 19.3 Å². The first kappa shape index (κ1) is 21.6. The predicted molar refractivity (Wildman–Crippen MR) is 122 cm³/mol. The van der Waals surface area contributed by atoms with Gasteiger partial charge in [0, 0.05) is 46.6 Å². The van der Waals surface area contributed by atoms with Crippen molar-refractivity contribution < 1.29 is 19.1 Å². The highest BCUT2D eigenvalue weighted by molar-refractivity contribution is 14.1. The van der Waals surface area contributed by atoms with E-state index < -0.39 is 11.7 Å². The maximum atomic E-state index is 12.7. The van der Waals surface area contributed by atoms with E-state index >= 15 is 0 Å². The Balaban J connectivity index is 1.89. The molecule has 7 nitrogen and oxygen atoms in total. The number of anilines is 1. The van der Waals surface area contributed by atoms with E-state index in [1.807, 2.05) is 31.3 Å². The molecule has 0 bridgehead atoms. The number of fused-ring (bicyclic) bond motifs is 1. The van der Waals surface area contributed by atoms with Gasteiger partial charge in [0.05, 0.1) is 5.69 Å². The standard InChI is InChI=1S/C21H26IN3O4/c1-21(2,3)29-19(26)23-16-13-17(14-7-5-6-8-15(14)18(16)22)28-20(27)25-11-9-24(4)10-12-25/h5-8,13H,9-12H2,1-4H3,(H,23,26). The lowest BCUT2D eigenvalue weighted by Crippen LogP contribution is -2.48. The minimum Gasteiger partial charge on any atom is -0.444 e. The lowest BCUT2D eigenvalue weighted by Gasteiger charge is -2.31. The zero-order valence-corrected chi connectivity index (χ0v) is 19.3. The molecule has 2 amide bonds. The van der Waals surface area contributed by atoms with Gasteiger partial charge in [0.1, 0.15) is 11.4 Å². The first-order valence-corrected chi connectivity index (χ1v) is 10.6. The van der Waals surface area contributed by atoms with E-state index in [4.69, 9.17) is 9.47 Å². The van der Waals surface area contributed by atoms with Gasteiger partial charge in [-0.15, -0.1) is 0 Å². The molecule has 2 aromatic carbocycles. The summed E-state index contributed by atoms with van der Waals surface area (Å²) in [5, 5.41) is 4.48. The average Bonchev–Trinajstić information content (AvgIpc) is 2.64. The number of nitrogens with one attached hydrogen (secondary N) is 1. The monoisotopic (exact) mass is 511 g/mol. The molecule has 1 heterocycles. The van der Waals surface area contributed by atoms with E-state index in [9.17, 15) is 9.59 Å². The molecule has 0 spiro atoms. The van der Waals surface area contributed by atoms with Crippen molar-refractivity contribution in [2.24, 2.45) is 0 Å². The van der Waals surface area contributed by atoms with E-state index in [0.717, 1.165) is 27.4 Å². The van der Waals surface area contributed by atoms with Crippen LogP contribution in [0.1, 0.15) is 20.8 Å². The van der Waals surface area contributed by atoms with Crippen molar-refractivity contribution >= 4 is 51.2 Å². The lowest BCUT2D eigenvalue weighted by molar-refractivity contribution is 0.0636. The van der Waals surface area contributed by atoms with Crippen LogP contribution >= 0.6 is 22.6 Å². The molecular formula is C21H26IN3O4. The van der Waals surface area contributed by atoms with E-state index in [0.29, 0.717) is 24.5 Å². The molecular weight excluding hydrogens is 485 g/mol. The number of hydrogen-bond acceptors (Lipinski definition) is 5. The Kier molecular flexibility index (Phi) is 6.52. The molecule has 0 aromatic heterocycles. The zero-order chi connectivity index (χ0) is 21.2. The number of carbonyl (C=O) groups is 2. The van der Waals surface area contributed by atoms with Crippen LogP contribution in [-0.4, -0.2) is 60.8 Å². The molecule has 1 aliphatic heterocycles. The van der Waals surface area contributed by atoms with Crippen LogP contribution < -0.4 is 10.1 Å². The van der Waals surface area contributed by atoms with E-state index in [1.54, 1.807) is 31.7 Å². The molecule has 0 atom stereocenters. The second-order valence-electron chi connectivity index (χ2n) is 8.07. The largest absolute Gasteiger partial charge is 0.444 e.